The minimum Gasteiger partial charge on any atom is -0.304 e. The van der Waals surface area contributed by atoms with Gasteiger partial charge in [0.1, 0.15) is 0 Å². The second-order valence-electron chi connectivity index (χ2n) is 5.17. The number of hydrogen-bond acceptors (Lipinski definition) is 3. The van der Waals surface area contributed by atoms with Gasteiger partial charge in [0.2, 0.25) is 0 Å². The molecule has 2 fully saturated rings. The molecule has 0 spiro atoms. The molecule has 2 aliphatic heterocycles. The summed E-state index contributed by atoms with van der Waals surface area (Å²) in [4.78, 5) is 2.17. The number of piperazine rings is 1. The number of nitrogens with zero attached hydrogens (tertiary/aromatic N) is 3. The fourth-order valence-corrected chi connectivity index (χ4v) is 4.42. The third-order valence-electron chi connectivity index (χ3n) is 3.83. The lowest BCUT2D eigenvalue weighted by atomic mass is 10.1. The minimum atomic E-state index is -3.22. The maximum absolute atomic E-state index is 12.5. The molecule has 0 unspecified atom stereocenters. The van der Waals surface area contributed by atoms with Crippen LogP contribution in [0.1, 0.15) is 26.2 Å². The summed E-state index contributed by atoms with van der Waals surface area (Å²) in [6.07, 6.45) is 3.14. The van der Waals surface area contributed by atoms with Crippen molar-refractivity contribution < 1.29 is 8.42 Å². The first kappa shape index (κ1) is 13.3. The molecule has 2 heterocycles. The summed E-state index contributed by atoms with van der Waals surface area (Å²) < 4.78 is 28.3. The zero-order valence-electron chi connectivity index (χ0n) is 10.8. The Morgan fingerprint density at radius 3 is 2.24 bits per heavy atom. The Morgan fingerprint density at radius 2 is 1.65 bits per heavy atom. The van der Waals surface area contributed by atoms with E-state index >= 15 is 0 Å². The van der Waals surface area contributed by atoms with Gasteiger partial charge in [0.25, 0.3) is 10.2 Å². The Kier molecular flexibility index (Phi) is 4.07. The summed E-state index contributed by atoms with van der Waals surface area (Å²) in [5, 5.41) is 0. The second-order valence-corrected chi connectivity index (χ2v) is 7.05. The van der Waals surface area contributed by atoms with Crippen molar-refractivity contribution in [1.82, 2.24) is 13.5 Å². The van der Waals surface area contributed by atoms with Gasteiger partial charge < -0.3 is 4.90 Å². The van der Waals surface area contributed by atoms with Crippen LogP contribution in [0.15, 0.2) is 0 Å². The van der Waals surface area contributed by atoms with E-state index < -0.39 is 10.2 Å². The zero-order chi connectivity index (χ0) is 12.5. The molecule has 5 nitrogen and oxygen atoms in total. The fraction of sp³-hybridized carbons (Fsp3) is 1.00. The topological polar surface area (TPSA) is 43.9 Å². The Morgan fingerprint density at radius 1 is 1.00 bits per heavy atom. The number of hydrogen-bond donors (Lipinski definition) is 0. The molecule has 2 rings (SSSR count). The van der Waals surface area contributed by atoms with Crippen molar-refractivity contribution in [1.29, 1.82) is 0 Å². The molecule has 0 radical (unpaired) electrons. The standard InChI is InChI=1S/C11H23N3O2S/c1-11-5-3-4-6-14(11)17(15,16)13-9-7-12(2)8-10-13/h11H,3-10H2,1-2H3/t11-/m1/s1. The van der Waals surface area contributed by atoms with Gasteiger partial charge in [-0.25, -0.2) is 0 Å². The molecule has 2 aliphatic rings. The lowest BCUT2D eigenvalue weighted by Gasteiger charge is -2.39. The monoisotopic (exact) mass is 261 g/mol. The number of likely N-dealkylation sites (N-methyl/N-ethyl adjacent to an activating group) is 1. The van der Waals surface area contributed by atoms with Gasteiger partial charge in [0, 0.05) is 38.8 Å². The quantitative estimate of drug-likeness (QED) is 0.720. The van der Waals surface area contributed by atoms with Crippen LogP contribution in [-0.4, -0.2) is 67.7 Å². The highest BCUT2D eigenvalue weighted by atomic mass is 32.2. The highest BCUT2D eigenvalue weighted by Crippen LogP contribution is 2.22. The van der Waals surface area contributed by atoms with Gasteiger partial charge in [-0.1, -0.05) is 6.42 Å². The fourth-order valence-electron chi connectivity index (χ4n) is 2.58. The average Bonchev–Trinajstić information content (AvgIpc) is 2.30. The first-order chi connectivity index (χ1) is 8.01. The molecule has 0 aliphatic carbocycles. The van der Waals surface area contributed by atoms with Crippen molar-refractivity contribution in [2.75, 3.05) is 39.8 Å². The first-order valence-electron chi connectivity index (χ1n) is 6.47. The molecule has 0 N–H and O–H groups in total. The van der Waals surface area contributed by atoms with E-state index in [-0.39, 0.29) is 6.04 Å². The summed E-state index contributed by atoms with van der Waals surface area (Å²) in [6, 6.07) is 0.161. The van der Waals surface area contributed by atoms with Crippen LogP contribution < -0.4 is 0 Å². The van der Waals surface area contributed by atoms with Crippen LogP contribution in [0, 0.1) is 0 Å². The van der Waals surface area contributed by atoms with Crippen LogP contribution in [0.25, 0.3) is 0 Å². The van der Waals surface area contributed by atoms with Gasteiger partial charge in [-0.3, -0.25) is 0 Å². The summed E-state index contributed by atoms with van der Waals surface area (Å²) in [5.41, 5.74) is 0. The Balaban J connectivity index is 2.07. The highest BCUT2D eigenvalue weighted by molar-refractivity contribution is 7.86. The van der Waals surface area contributed by atoms with E-state index in [0.717, 1.165) is 32.4 Å². The molecule has 2 saturated heterocycles. The van der Waals surface area contributed by atoms with Crippen LogP contribution in [0.2, 0.25) is 0 Å². The second kappa shape index (κ2) is 5.22. The van der Waals surface area contributed by atoms with Crippen molar-refractivity contribution in [2.45, 2.75) is 32.2 Å². The van der Waals surface area contributed by atoms with E-state index in [4.69, 9.17) is 0 Å². The molecule has 0 bridgehead atoms. The lowest BCUT2D eigenvalue weighted by molar-refractivity contribution is 0.195. The molecule has 0 amide bonds. The average molecular weight is 261 g/mol. The van der Waals surface area contributed by atoms with Crippen LogP contribution in [0.3, 0.4) is 0 Å². The predicted molar refractivity (Wildman–Crippen MR) is 68.0 cm³/mol. The summed E-state index contributed by atoms with van der Waals surface area (Å²) in [6.45, 7) is 5.63. The van der Waals surface area contributed by atoms with Crippen LogP contribution in [0.5, 0.6) is 0 Å². The molecule has 17 heavy (non-hydrogen) atoms. The van der Waals surface area contributed by atoms with Crippen molar-refractivity contribution in [3.8, 4) is 0 Å². The molecule has 6 heteroatoms. The molecule has 0 saturated carbocycles. The lowest BCUT2D eigenvalue weighted by Crippen LogP contribution is -2.54. The van der Waals surface area contributed by atoms with E-state index in [0.29, 0.717) is 19.6 Å². The third kappa shape index (κ3) is 2.81. The van der Waals surface area contributed by atoms with Gasteiger partial charge in [0.15, 0.2) is 0 Å². The SMILES string of the molecule is C[C@@H]1CCCCN1S(=O)(=O)N1CCN(C)CC1. The predicted octanol–water partition coefficient (Wildman–Crippen LogP) is 0.353. The maximum Gasteiger partial charge on any atom is 0.282 e. The molecule has 0 aromatic heterocycles. The zero-order valence-corrected chi connectivity index (χ0v) is 11.6. The summed E-state index contributed by atoms with van der Waals surface area (Å²) in [7, 11) is -1.18. The van der Waals surface area contributed by atoms with Gasteiger partial charge in [-0.2, -0.15) is 17.0 Å². The first-order valence-corrected chi connectivity index (χ1v) is 7.87. The normalized spacial score (nSPS) is 30.6. The van der Waals surface area contributed by atoms with Crippen LogP contribution in [-0.2, 0) is 10.2 Å². The van der Waals surface area contributed by atoms with Crippen molar-refractivity contribution in [3.63, 3.8) is 0 Å². The van der Waals surface area contributed by atoms with Gasteiger partial charge >= 0.3 is 0 Å². The Bertz CT molecular complexity index is 350. The maximum atomic E-state index is 12.5. The molecule has 100 valence electrons. The van der Waals surface area contributed by atoms with Gasteiger partial charge in [-0.05, 0) is 26.8 Å². The smallest absolute Gasteiger partial charge is 0.282 e. The number of rotatable bonds is 2. The Labute approximate surface area is 105 Å². The summed E-state index contributed by atoms with van der Waals surface area (Å²) >= 11 is 0. The van der Waals surface area contributed by atoms with E-state index in [1.54, 1.807) is 8.61 Å². The highest BCUT2D eigenvalue weighted by Gasteiger charge is 2.35. The van der Waals surface area contributed by atoms with Crippen molar-refractivity contribution in [3.05, 3.63) is 0 Å². The van der Waals surface area contributed by atoms with Crippen molar-refractivity contribution in [2.24, 2.45) is 0 Å². The third-order valence-corrected chi connectivity index (χ3v) is 5.98. The van der Waals surface area contributed by atoms with Crippen molar-refractivity contribution >= 4 is 10.2 Å². The molecule has 1 atom stereocenters. The van der Waals surface area contributed by atoms with E-state index in [2.05, 4.69) is 4.90 Å². The van der Waals surface area contributed by atoms with Crippen LogP contribution >= 0.6 is 0 Å². The molecular weight excluding hydrogens is 238 g/mol. The Hall–Kier alpha value is -0.170. The van der Waals surface area contributed by atoms with E-state index in [9.17, 15) is 8.42 Å². The largest absolute Gasteiger partial charge is 0.304 e. The van der Waals surface area contributed by atoms with Crippen LogP contribution in [0.4, 0.5) is 0 Å². The molecule has 0 aromatic rings. The number of piperidine rings is 1. The summed E-state index contributed by atoms with van der Waals surface area (Å²) in [5.74, 6) is 0. The minimum absolute atomic E-state index is 0.161. The van der Waals surface area contributed by atoms with E-state index in [1.807, 2.05) is 14.0 Å². The molecular formula is C11H23N3O2S. The van der Waals surface area contributed by atoms with Gasteiger partial charge in [0.05, 0.1) is 0 Å². The molecule has 0 aromatic carbocycles. The van der Waals surface area contributed by atoms with E-state index in [1.165, 1.54) is 0 Å². The van der Waals surface area contributed by atoms with Gasteiger partial charge in [-0.15, -0.1) is 0 Å².